The number of likely N-dealkylation sites (N-methyl/N-ethyl adjacent to an activating group) is 1. The lowest BCUT2D eigenvalue weighted by Gasteiger charge is -2.27. The zero-order valence-electron chi connectivity index (χ0n) is 14.6. The zero-order valence-corrected chi connectivity index (χ0v) is 15.4. The van der Waals surface area contributed by atoms with Gasteiger partial charge in [0.2, 0.25) is 11.8 Å². The molecule has 1 aliphatic carbocycles. The third-order valence-electron chi connectivity index (χ3n) is 4.27. The number of benzene rings is 2. The van der Waals surface area contributed by atoms with Gasteiger partial charge in [0, 0.05) is 6.04 Å². The lowest BCUT2D eigenvalue weighted by atomic mass is 10.0. The van der Waals surface area contributed by atoms with E-state index in [1.54, 1.807) is 36.2 Å². The van der Waals surface area contributed by atoms with Crippen LogP contribution < -0.4 is 10.6 Å². The molecule has 0 radical (unpaired) electrons. The average Bonchev–Trinajstić information content (AvgIpc) is 3.42. The predicted molar refractivity (Wildman–Crippen MR) is 103 cm³/mol. The molecule has 2 aromatic rings. The van der Waals surface area contributed by atoms with E-state index >= 15 is 0 Å². The molecule has 2 amide bonds. The number of rotatable bonds is 7. The number of para-hydroxylation sites is 1. The van der Waals surface area contributed by atoms with E-state index in [-0.39, 0.29) is 24.4 Å². The number of hydrogen-bond acceptors (Lipinski definition) is 3. The first-order valence-corrected chi connectivity index (χ1v) is 9.02. The Balaban J connectivity index is 1.70. The van der Waals surface area contributed by atoms with Gasteiger partial charge in [0.05, 0.1) is 17.3 Å². The van der Waals surface area contributed by atoms with Crippen LogP contribution in [0.5, 0.6) is 0 Å². The molecule has 0 aromatic heterocycles. The van der Waals surface area contributed by atoms with Crippen LogP contribution in [0.4, 0.5) is 5.69 Å². The van der Waals surface area contributed by atoms with Crippen LogP contribution in [0, 0.1) is 0 Å². The second-order valence-electron chi connectivity index (χ2n) is 6.54. The van der Waals surface area contributed by atoms with Gasteiger partial charge in [-0.25, -0.2) is 0 Å². The van der Waals surface area contributed by atoms with Gasteiger partial charge in [0.1, 0.15) is 6.04 Å². The summed E-state index contributed by atoms with van der Waals surface area (Å²) in [6, 6.07) is 16.3. The summed E-state index contributed by atoms with van der Waals surface area (Å²) in [6.07, 6.45) is 2.04. The van der Waals surface area contributed by atoms with E-state index < -0.39 is 6.04 Å². The van der Waals surface area contributed by atoms with Crippen molar-refractivity contribution in [1.29, 1.82) is 0 Å². The van der Waals surface area contributed by atoms with Crippen LogP contribution in [0.3, 0.4) is 0 Å². The van der Waals surface area contributed by atoms with E-state index in [4.69, 9.17) is 11.6 Å². The number of carbonyl (C=O) groups excluding carboxylic acids is 2. The molecule has 2 aromatic carbocycles. The molecule has 1 saturated carbocycles. The summed E-state index contributed by atoms with van der Waals surface area (Å²) in [7, 11) is 1.77. The topological polar surface area (TPSA) is 61.4 Å². The number of halogens is 1. The highest BCUT2D eigenvalue weighted by atomic mass is 35.5. The Morgan fingerprint density at radius 3 is 2.42 bits per heavy atom. The maximum atomic E-state index is 12.7. The Bertz CT molecular complexity index is 778. The fraction of sp³-hybridized carbons (Fsp3) is 0.300. The molecule has 1 atom stereocenters. The number of anilines is 1. The molecule has 6 heteroatoms. The minimum absolute atomic E-state index is 0.0723. The highest BCUT2D eigenvalue weighted by Gasteiger charge is 2.31. The van der Waals surface area contributed by atoms with E-state index in [0.29, 0.717) is 10.7 Å². The molecule has 1 fully saturated rings. The summed E-state index contributed by atoms with van der Waals surface area (Å²) in [5.74, 6) is -0.299. The molecule has 136 valence electrons. The normalized spacial score (nSPS) is 14.7. The lowest BCUT2D eigenvalue weighted by molar-refractivity contribution is -0.127. The number of nitrogens with zero attached hydrogens (tertiary/aromatic N) is 1. The van der Waals surface area contributed by atoms with E-state index in [1.807, 2.05) is 30.3 Å². The van der Waals surface area contributed by atoms with Crippen LogP contribution in [0.15, 0.2) is 54.6 Å². The quantitative estimate of drug-likeness (QED) is 0.785. The van der Waals surface area contributed by atoms with Crippen LogP contribution in [-0.2, 0) is 9.59 Å². The Morgan fingerprint density at radius 1 is 1.12 bits per heavy atom. The molecule has 0 aliphatic heterocycles. The summed E-state index contributed by atoms with van der Waals surface area (Å²) in [4.78, 5) is 26.9. The Morgan fingerprint density at radius 2 is 1.77 bits per heavy atom. The highest BCUT2D eigenvalue weighted by Crippen LogP contribution is 2.25. The molecule has 1 aliphatic rings. The third-order valence-corrected chi connectivity index (χ3v) is 4.60. The van der Waals surface area contributed by atoms with Crippen molar-refractivity contribution in [2.24, 2.45) is 0 Å². The number of amides is 2. The van der Waals surface area contributed by atoms with Crippen molar-refractivity contribution in [2.75, 3.05) is 18.9 Å². The van der Waals surface area contributed by atoms with Crippen LogP contribution in [-0.4, -0.2) is 36.3 Å². The maximum Gasteiger partial charge on any atom is 0.242 e. The number of carbonyl (C=O) groups is 2. The molecule has 0 unspecified atom stereocenters. The van der Waals surface area contributed by atoms with E-state index in [1.165, 1.54) is 0 Å². The maximum absolute atomic E-state index is 12.7. The van der Waals surface area contributed by atoms with Gasteiger partial charge in [-0.3, -0.25) is 14.5 Å². The van der Waals surface area contributed by atoms with Crippen LogP contribution >= 0.6 is 11.6 Å². The smallest absolute Gasteiger partial charge is 0.242 e. The van der Waals surface area contributed by atoms with Gasteiger partial charge >= 0.3 is 0 Å². The minimum Gasteiger partial charge on any atom is -0.352 e. The van der Waals surface area contributed by atoms with Crippen molar-refractivity contribution in [2.45, 2.75) is 24.9 Å². The lowest BCUT2D eigenvalue weighted by Crippen LogP contribution is -2.42. The van der Waals surface area contributed by atoms with Crippen molar-refractivity contribution in [3.05, 3.63) is 65.2 Å². The summed E-state index contributed by atoms with van der Waals surface area (Å²) in [5.41, 5.74) is 1.42. The van der Waals surface area contributed by atoms with E-state index in [2.05, 4.69) is 10.6 Å². The van der Waals surface area contributed by atoms with Crippen molar-refractivity contribution in [3.63, 3.8) is 0 Å². The Kier molecular flexibility index (Phi) is 5.91. The monoisotopic (exact) mass is 371 g/mol. The Labute approximate surface area is 158 Å². The standard InChI is InChI=1S/C20H22ClN3O2/c1-24(13-18(25)23-17-10-6-5-9-16(17)21)19(14-7-3-2-4-8-14)20(26)22-15-11-12-15/h2-10,15,19H,11-13H2,1H3,(H,22,26)(H,23,25)/t19-/m0/s1. The molecule has 26 heavy (non-hydrogen) atoms. The first-order valence-electron chi connectivity index (χ1n) is 8.64. The molecule has 0 heterocycles. The van der Waals surface area contributed by atoms with Crippen molar-refractivity contribution >= 4 is 29.1 Å². The fourth-order valence-electron chi connectivity index (χ4n) is 2.82. The largest absolute Gasteiger partial charge is 0.352 e. The molecule has 3 rings (SSSR count). The second kappa shape index (κ2) is 8.34. The zero-order chi connectivity index (χ0) is 18.5. The van der Waals surface area contributed by atoms with Gasteiger partial charge in [-0.1, -0.05) is 54.1 Å². The van der Waals surface area contributed by atoms with Gasteiger partial charge in [-0.05, 0) is 37.6 Å². The van der Waals surface area contributed by atoms with Crippen LogP contribution in [0.2, 0.25) is 5.02 Å². The molecular weight excluding hydrogens is 350 g/mol. The third kappa shape index (κ3) is 4.84. The Hall–Kier alpha value is -2.37. The van der Waals surface area contributed by atoms with Gasteiger partial charge in [-0.2, -0.15) is 0 Å². The molecule has 0 saturated heterocycles. The summed E-state index contributed by atoms with van der Waals surface area (Å²) in [5, 5.41) is 6.31. The molecular formula is C20H22ClN3O2. The second-order valence-corrected chi connectivity index (χ2v) is 6.95. The van der Waals surface area contributed by atoms with Crippen LogP contribution in [0.1, 0.15) is 24.4 Å². The summed E-state index contributed by atoms with van der Waals surface area (Å²) >= 11 is 6.09. The highest BCUT2D eigenvalue weighted by molar-refractivity contribution is 6.33. The fourth-order valence-corrected chi connectivity index (χ4v) is 3.00. The van der Waals surface area contributed by atoms with Crippen molar-refractivity contribution in [3.8, 4) is 0 Å². The SMILES string of the molecule is CN(CC(=O)Nc1ccccc1Cl)[C@H](C(=O)NC1CC1)c1ccccc1. The van der Waals surface area contributed by atoms with E-state index in [9.17, 15) is 9.59 Å². The first kappa shape index (κ1) is 18.4. The molecule has 5 nitrogen and oxygen atoms in total. The van der Waals surface area contributed by atoms with Gasteiger partial charge in [-0.15, -0.1) is 0 Å². The summed E-state index contributed by atoms with van der Waals surface area (Å²) < 4.78 is 0. The van der Waals surface area contributed by atoms with Gasteiger partial charge < -0.3 is 10.6 Å². The molecule has 0 bridgehead atoms. The molecule has 0 spiro atoms. The van der Waals surface area contributed by atoms with Crippen molar-refractivity contribution in [1.82, 2.24) is 10.2 Å². The predicted octanol–water partition coefficient (Wildman–Crippen LogP) is 3.23. The number of nitrogens with one attached hydrogen (secondary N) is 2. The van der Waals surface area contributed by atoms with Crippen molar-refractivity contribution < 1.29 is 9.59 Å². The van der Waals surface area contributed by atoms with Crippen LogP contribution in [0.25, 0.3) is 0 Å². The van der Waals surface area contributed by atoms with Gasteiger partial charge in [0.15, 0.2) is 0 Å². The van der Waals surface area contributed by atoms with E-state index in [0.717, 1.165) is 18.4 Å². The first-order chi connectivity index (χ1) is 12.5. The van der Waals surface area contributed by atoms with Gasteiger partial charge in [0.25, 0.3) is 0 Å². The molecule has 2 N–H and O–H groups in total. The summed E-state index contributed by atoms with van der Waals surface area (Å²) in [6.45, 7) is 0.0723. The average molecular weight is 372 g/mol. The number of hydrogen-bond donors (Lipinski definition) is 2. The minimum atomic E-state index is -0.520.